The van der Waals surface area contributed by atoms with Crippen molar-refractivity contribution in [2.24, 2.45) is 0 Å². The van der Waals surface area contributed by atoms with E-state index in [2.05, 4.69) is 11.3 Å². The number of alkyl halides is 1. The van der Waals surface area contributed by atoms with Crippen LogP contribution in [0.25, 0.3) is 0 Å². The first-order chi connectivity index (χ1) is 3.27. The molecule has 0 bridgehead atoms. The van der Waals surface area contributed by atoms with Crippen LogP contribution in [0.1, 0.15) is 6.42 Å². The molecule has 1 rings (SSSR count). The van der Waals surface area contributed by atoms with Gasteiger partial charge in [-0.1, -0.05) is 6.08 Å². The standard InChI is InChI=1S/C5H7FO/c1-2-3-5(6)4-7-5/h2H,1,3-4H2. The summed E-state index contributed by atoms with van der Waals surface area (Å²) >= 11 is 0. The average Bonchev–Trinajstić information content (AvgIpc) is 2.22. The van der Waals surface area contributed by atoms with Crippen LogP contribution in [-0.4, -0.2) is 12.5 Å². The van der Waals surface area contributed by atoms with E-state index in [1.165, 1.54) is 6.08 Å². The zero-order chi connectivity index (χ0) is 5.33. The molecule has 7 heavy (non-hydrogen) atoms. The van der Waals surface area contributed by atoms with E-state index in [-0.39, 0.29) is 6.61 Å². The summed E-state index contributed by atoms with van der Waals surface area (Å²) in [5, 5.41) is 0. The molecule has 1 aliphatic rings. The summed E-state index contributed by atoms with van der Waals surface area (Å²) < 4.78 is 16.6. The van der Waals surface area contributed by atoms with Gasteiger partial charge in [-0.2, -0.15) is 0 Å². The van der Waals surface area contributed by atoms with Gasteiger partial charge in [0.25, 0.3) is 0 Å². The Morgan fingerprint density at radius 2 is 2.57 bits per heavy atom. The maximum atomic E-state index is 12.2. The third-order valence-electron chi connectivity index (χ3n) is 0.907. The van der Waals surface area contributed by atoms with E-state index in [4.69, 9.17) is 0 Å². The molecule has 0 aromatic carbocycles. The third-order valence-corrected chi connectivity index (χ3v) is 0.907. The molecule has 1 heterocycles. The molecule has 1 atom stereocenters. The van der Waals surface area contributed by atoms with Gasteiger partial charge in [-0.3, -0.25) is 0 Å². The quantitative estimate of drug-likeness (QED) is 0.377. The number of ether oxygens (including phenoxy) is 1. The first-order valence-electron chi connectivity index (χ1n) is 2.21. The number of hydrogen-bond acceptors (Lipinski definition) is 1. The molecule has 0 aliphatic carbocycles. The van der Waals surface area contributed by atoms with Crippen LogP contribution in [0.3, 0.4) is 0 Å². The van der Waals surface area contributed by atoms with E-state index < -0.39 is 5.85 Å². The zero-order valence-corrected chi connectivity index (χ0v) is 3.98. The van der Waals surface area contributed by atoms with Crippen molar-refractivity contribution in [3.8, 4) is 0 Å². The van der Waals surface area contributed by atoms with Gasteiger partial charge >= 0.3 is 0 Å². The predicted molar refractivity (Wildman–Crippen MR) is 24.6 cm³/mol. The highest BCUT2D eigenvalue weighted by Crippen LogP contribution is 2.31. The number of rotatable bonds is 2. The summed E-state index contributed by atoms with van der Waals surface area (Å²) in [7, 11) is 0. The van der Waals surface area contributed by atoms with E-state index in [1.54, 1.807) is 0 Å². The maximum absolute atomic E-state index is 12.2. The Hall–Kier alpha value is -0.370. The smallest absolute Gasteiger partial charge is 0.236 e. The molecule has 0 amide bonds. The van der Waals surface area contributed by atoms with Crippen LogP contribution in [-0.2, 0) is 4.74 Å². The van der Waals surface area contributed by atoms with Gasteiger partial charge in [0.2, 0.25) is 5.85 Å². The number of hydrogen-bond donors (Lipinski definition) is 0. The lowest BCUT2D eigenvalue weighted by molar-refractivity contribution is 0.144. The van der Waals surface area contributed by atoms with Crippen LogP contribution in [0.5, 0.6) is 0 Å². The molecular formula is C5H7FO. The lowest BCUT2D eigenvalue weighted by Crippen LogP contribution is -1.96. The van der Waals surface area contributed by atoms with Gasteiger partial charge in [0.1, 0.15) is 6.61 Å². The molecule has 1 saturated heterocycles. The average molecular weight is 102 g/mol. The molecule has 1 fully saturated rings. The molecule has 1 nitrogen and oxygen atoms in total. The first kappa shape index (κ1) is 4.78. The minimum Gasteiger partial charge on any atom is -0.338 e. The molecule has 0 N–H and O–H groups in total. The predicted octanol–water partition coefficient (Wildman–Crippen LogP) is 1.26. The molecule has 0 aromatic heterocycles. The van der Waals surface area contributed by atoms with Gasteiger partial charge in [0.15, 0.2) is 0 Å². The fourth-order valence-corrected chi connectivity index (χ4v) is 0.412. The fourth-order valence-electron chi connectivity index (χ4n) is 0.412. The van der Waals surface area contributed by atoms with Crippen molar-refractivity contribution in [1.29, 1.82) is 0 Å². The van der Waals surface area contributed by atoms with E-state index >= 15 is 0 Å². The molecular weight excluding hydrogens is 95.1 g/mol. The van der Waals surface area contributed by atoms with Gasteiger partial charge in [0.05, 0.1) is 0 Å². The van der Waals surface area contributed by atoms with Crippen LogP contribution in [0.2, 0.25) is 0 Å². The molecule has 1 aliphatic heterocycles. The minimum absolute atomic E-state index is 0.249. The summed E-state index contributed by atoms with van der Waals surface area (Å²) in [6.07, 6.45) is 1.85. The fraction of sp³-hybridized carbons (Fsp3) is 0.600. The van der Waals surface area contributed by atoms with Crippen molar-refractivity contribution < 1.29 is 9.13 Å². The molecule has 0 radical (unpaired) electrons. The second kappa shape index (κ2) is 1.30. The summed E-state index contributed by atoms with van der Waals surface area (Å²) in [5.74, 6) is -1.32. The Balaban J connectivity index is 2.25. The molecule has 0 aromatic rings. The second-order valence-corrected chi connectivity index (χ2v) is 1.66. The molecule has 2 heteroatoms. The van der Waals surface area contributed by atoms with Crippen LogP contribution < -0.4 is 0 Å². The Labute approximate surface area is 41.8 Å². The summed E-state index contributed by atoms with van der Waals surface area (Å²) in [6.45, 7) is 3.62. The Bertz CT molecular complexity index is 86.1. The van der Waals surface area contributed by atoms with Crippen molar-refractivity contribution >= 4 is 0 Å². The molecule has 0 saturated carbocycles. The lowest BCUT2D eigenvalue weighted by atomic mass is 10.3. The lowest BCUT2D eigenvalue weighted by Gasteiger charge is -1.89. The summed E-state index contributed by atoms with van der Waals surface area (Å²) in [5.41, 5.74) is 0. The van der Waals surface area contributed by atoms with Crippen molar-refractivity contribution in [2.75, 3.05) is 6.61 Å². The van der Waals surface area contributed by atoms with Crippen molar-refractivity contribution in [2.45, 2.75) is 12.3 Å². The molecule has 40 valence electrons. The van der Waals surface area contributed by atoms with Crippen molar-refractivity contribution in [1.82, 2.24) is 0 Å². The van der Waals surface area contributed by atoms with Gasteiger partial charge in [-0.25, -0.2) is 4.39 Å². The zero-order valence-electron chi connectivity index (χ0n) is 3.98. The Morgan fingerprint density at radius 3 is 2.71 bits per heavy atom. The van der Waals surface area contributed by atoms with Gasteiger partial charge in [0, 0.05) is 6.42 Å². The number of halogens is 1. The summed E-state index contributed by atoms with van der Waals surface area (Å²) in [6, 6.07) is 0. The minimum atomic E-state index is -1.32. The Kier molecular flexibility index (Phi) is 0.889. The Morgan fingerprint density at radius 1 is 2.00 bits per heavy atom. The number of epoxide rings is 1. The van der Waals surface area contributed by atoms with E-state index in [0.29, 0.717) is 6.42 Å². The third kappa shape index (κ3) is 0.996. The van der Waals surface area contributed by atoms with Crippen LogP contribution in [0, 0.1) is 0 Å². The van der Waals surface area contributed by atoms with Gasteiger partial charge in [-0.15, -0.1) is 6.58 Å². The van der Waals surface area contributed by atoms with Crippen LogP contribution in [0.15, 0.2) is 12.7 Å². The monoisotopic (exact) mass is 102 g/mol. The maximum Gasteiger partial charge on any atom is 0.236 e. The molecule has 0 spiro atoms. The highest BCUT2D eigenvalue weighted by atomic mass is 19.2. The van der Waals surface area contributed by atoms with Crippen LogP contribution >= 0.6 is 0 Å². The first-order valence-corrected chi connectivity index (χ1v) is 2.21. The van der Waals surface area contributed by atoms with Crippen molar-refractivity contribution in [3.63, 3.8) is 0 Å². The topological polar surface area (TPSA) is 12.5 Å². The van der Waals surface area contributed by atoms with Gasteiger partial charge < -0.3 is 4.74 Å². The van der Waals surface area contributed by atoms with Crippen molar-refractivity contribution in [3.05, 3.63) is 12.7 Å². The highest BCUT2D eigenvalue weighted by molar-refractivity contribution is 4.87. The van der Waals surface area contributed by atoms with E-state index in [9.17, 15) is 4.39 Å². The largest absolute Gasteiger partial charge is 0.338 e. The van der Waals surface area contributed by atoms with E-state index in [1.807, 2.05) is 0 Å². The normalized spacial score (nSPS) is 37.9. The SMILES string of the molecule is C=CCC1(F)CO1. The second-order valence-electron chi connectivity index (χ2n) is 1.66. The highest BCUT2D eigenvalue weighted by Gasteiger charge is 2.43. The summed E-state index contributed by atoms with van der Waals surface area (Å²) in [4.78, 5) is 0. The molecule has 1 unspecified atom stereocenters. The van der Waals surface area contributed by atoms with Gasteiger partial charge in [-0.05, 0) is 0 Å². The van der Waals surface area contributed by atoms with Crippen LogP contribution in [0.4, 0.5) is 4.39 Å². The van der Waals surface area contributed by atoms with E-state index in [0.717, 1.165) is 0 Å².